The van der Waals surface area contributed by atoms with Crippen LogP contribution >= 0.6 is 0 Å². The molecule has 5 heteroatoms. The third-order valence-electron chi connectivity index (χ3n) is 2.83. The molecular formula is C14H11FN2O2. The molecule has 0 unspecified atom stereocenters. The maximum Gasteiger partial charge on any atom is 0.154 e. The smallest absolute Gasteiger partial charge is 0.154 e. The molecule has 0 radical (unpaired) electrons. The van der Waals surface area contributed by atoms with Crippen LogP contribution in [-0.2, 0) is 6.54 Å². The van der Waals surface area contributed by atoms with Crippen molar-refractivity contribution in [2.45, 2.75) is 6.54 Å². The summed E-state index contributed by atoms with van der Waals surface area (Å²) in [6.07, 6.45) is 3.28. The van der Waals surface area contributed by atoms with E-state index in [0.29, 0.717) is 11.5 Å². The number of phenols is 1. The van der Waals surface area contributed by atoms with Crippen LogP contribution in [0.25, 0.3) is 11.5 Å². The molecule has 4 nitrogen and oxygen atoms in total. The van der Waals surface area contributed by atoms with Crippen molar-refractivity contribution in [3.8, 4) is 17.2 Å². The second-order valence-electron chi connectivity index (χ2n) is 4.11. The predicted molar refractivity (Wildman–Crippen MR) is 67.1 cm³/mol. The summed E-state index contributed by atoms with van der Waals surface area (Å²) in [5.74, 6) is 0.126. The summed E-state index contributed by atoms with van der Waals surface area (Å²) in [6.45, 7) is 0.166. The van der Waals surface area contributed by atoms with Crippen molar-refractivity contribution in [3.63, 3.8) is 0 Å². The van der Waals surface area contributed by atoms with Gasteiger partial charge in [-0.05, 0) is 30.3 Å². The number of hydrogen-bond acceptors (Lipinski definition) is 3. The summed E-state index contributed by atoms with van der Waals surface area (Å²) in [4.78, 5) is 0. The molecule has 0 saturated heterocycles. The lowest BCUT2D eigenvalue weighted by Gasteiger charge is -2.05. The van der Waals surface area contributed by atoms with Crippen molar-refractivity contribution < 1.29 is 13.9 Å². The first-order valence-corrected chi connectivity index (χ1v) is 5.78. The number of aromatic nitrogens is 2. The van der Waals surface area contributed by atoms with Gasteiger partial charge in [0.25, 0.3) is 0 Å². The highest BCUT2D eigenvalue weighted by atomic mass is 19.1. The van der Waals surface area contributed by atoms with Crippen LogP contribution in [0.4, 0.5) is 4.39 Å². The SMILES string of the molecule is Oc1cccc(F)c1Cn1ccc(-c2ccco2)n1. The van der Waals surface area contributed by atoms with E-state index < -0.39 is 5.82 Å². The fourth-order valence-electron chi connectivity index (χ4n) is 1.87. The molecule has 0 spiro atoms. The number of hydrogen-bond donors (Lipinski definition) is 1. The maximum absolute atomic E-state index is 13.6. The first-order valence-electron chi connectivity index (χ1n) is 5.78. The molecule has 1 aromatic carbocycles. The van der Waals surface area contributed by atoms with Gasteiger partial charge in [0, 0.05) is 6.20 Å². The van der Waals surface area contributed by atoms with E-state index in [1.807, 2.05) is 0 Å². The Morgan fingerprint density at radius 3 is 2.84 bits per heavy atom. The van der Waals surface area contributed by atoms with E-state index in [4.69, 9.17) is 4.42 Å². The fraction of sp³-hybridized carbons (Fsp3) is 0.0714. The van der Waals surface area contributed by atoms with E-state index >= 15 is 0 Å². The second-order valence-corrected chi connectivity index (χ2v) is 4.11. The number of aromatic hydroxyl groups is 1. The highest BCUT2D eigenvalue weighted by molar-refractivity contribution is 5.50. The van der Waals surface area contributed by atoms with Crippen LogP contribution < -0.4 is 0 Å². The van der Waals surface area contributed by atoms with Crippen LogP contribution in [0.3, 0.4) is 0 Å². The average Bonchev–Trinajstić information content (AvgIpc) is 3.04. The molecule has 3 rings (SSSR count). The predicted octanol–water partition coefficient (Wildman–Crippen LogP) is 3.04. The molecule has 19 heavy (non-hydrogen) atoms. The Hall–Kier alpha value is -2.56. The minimum absolute atomic E-state index is 0.0740. The van der Waals surface area contributed by atoms with Gasteiger partial charge in [0.05, 0.1) is 18.4 Å². The molecule has 2 heterocycles. The van der Waals surface area contributed by atoms with E-state index in [1.54, 1.807) is 35.3 Å². The van der Waals surface area contributed by atoms with Gasteiger partial charge in [-0.3, -0.25) is 4.68 Å². The number of halogens is 1. The van der Waals surface area contributed by atoms with Crippen LogP contribution in [0.5, 0.6) is 5.75 Å². The van der Waals surface area contributed by atoms with Gasteiger partial charge in [-0.25, -0.2) is 4.39 Å². The van der Waals surface area contributed by atoms with E-state index in [2.05, 4.69) is 5.10 Å². The molecule has 3 aromatic rings. The summed E-state index contributed by atoms with van der Waals surface area (Å²) in [6, 6.07) is 9.58. The van der Waals surface area contributed by atoms with Gasteiger partial charge in [-0.2, -0.15) is 5.10 Å². The van der Waals surface area contributed by atoms with Crippen LogP contribution in [0.1, 0.15) is 5.56 Å². The van der Waals surface area contributed by atoms with Crippen LogP contribution in [0.15, 0.2) is 53.3 Å². The van der Waals surface area contributed by atoms with Crippen molar-refractivity contribution in [1.82, 2.24) is 9.78 Å². The van der Waals surface area contributed by atoms with Crippen molar-refractivity contribution in [2.75, 3.05) is 0 Å². The highest BCUT2D eigenvalue weighted by Gasteiger charge is 2.10. The Kier molecular flexibility index (Phi) is 2.79. The molecule has 96 valence electrons. The first-order chi connectivity index (χ1) is 9.24. The van der Waals surface area contributed by atoms with Gasteiger partial charge in [0.2, 0.25) is 0 Å². The minimum atomic E-state index is -0.449. The summed E-state index contributed by atoms with van der Waals surface area (Å²) < 4.78 is 20.4. The first kappa shape index (κ1) is 11.5. The average molecular weight is 258 g/mol. The van der Waals surface area contributed by atoms with Crippen LogP contribution in [0.2, 0.25) is 0 Å². The summed E-state index contributed by atoms with van der Waals surface area (Å²) >= 11 is 0. The zero-order valence-corrected chi connectivity index (χ0v) is 9.95. The Bertz CT molecular complexity index is 669. The molecule has 0 atom stereocenters. The third kappa shape index (κ3) is 2.22. The molecule has 1 N–H and O–H groups in total. The molecule has 0 aliphatic carbocycles. The van der Waals surface area contributed by atoms with E-state index in [1.165, 1.54) is 18.2 Å². The van der Waals surface area contributed by atoms with Gasteiger partial charge in [0.1, 0.15) is 17.3 Å². The summed E-state index contributed by atoms with van der Waals surface area (Å²) in [7, 11) is 0. The number of furan rings is 1. The van der Waals surface area contributed by atoms with Gasteiger partial charge < -0.3 is 9.52 Å². The summed E-state index contributed by atoms with van der Waals surface area (Å²) in [5.41, 5.74) is 0.887. The highest BCUT2D eigenvalue weighted by Crippen LogP contribution is 2.22. The Morgan fingerprint density at radius 2 is 2.11 bits per heavy atom. The molecule has 2 aromatic heterocycles. The molecule has 0 amide bonds. The number of phenolic OH excluding ortho intramolecular Hbond substituents is 1. The zero-order chi connectivity index (χ0) is 13.2. The normalized spacial score (nSPS) is 10.8. The lowest BCUT2D eigenvalue weighted by atomic mass is 10.2. The lowest BCUT2D eigenvalue weighted by Crippen LogP contribution is -2.03. The maximum atomic E-state index is 13.6. The topological polar surface area (TPSA) is 51.2 Å². The Morgan fingerprint density at radius 1 is 1.21 bits per heavy atom. The van der Waals surface area contributed by atoms with Gasteiger partial charge in [-0.15, -0.1) is 0 Å². The molecule has 0 saturated carbocycles. The number of nitrogens with zero attached hydrogens (tertiary/aromatic N) is 2. The van der Waals surface area contributed by atoms with Gasteiger partial charge in [-0.1, -0.05) is 6.07 Å². The monoisotopic (exact) mass is 258 g/mol. The largest absolute Gasteiger partial charge is 0.507 e. The number of benzene rings is 1. The van der Waals surface area contributed by atoms with Crippen molar-refractivity contribution in [1.29, 1.82) is 0 Å². The van der Waals surface area contributed by atoms with Crippen LogP contribution in [-0.4, -0.2) is 14.9 Å². The lowest BCUT2D eigenvalue weighted by molar-refractivity contribution is 0.452. The van der Waals surface area contributed by atoms with Crippen molar-refractivity contribution in [3.05, 3.63) is 60.2 Å². The Labute approximate surface area is 108 Å². The standard InChI is InChI=1S/C14H11FN2O2/c15-11-3-1-4-13(18)10(11)9-17-7-6-12(16-17)14-5-2-8-19-14/h1-8,18H,9H2. The molecular weight excluding hydrogens is 247 g/mol. The van der Waals surface area contributed by atoms with Crippen molar-refractivity contribution in [2.24, 2.45) is 0 Å². The van der Waals surface area contributed by atoms with Gasteiger partial charge >= 0.3 is 0 Å². The molecule has 0 aliphatic rings. The Balaban J connectivity index is 1.88. The van der Waals surface area contributed by atoms with E-state index in [0.717, 1.165) is 0 Å². The quantitative estimate of drug-likeness (QED) is 0.785. The van der Waals surface area contributed by atoms with E-state index in [9.17, 15) is 9.50 Å². The zero-order valence-electron chi connectivity index (χ0n) is 9.95. The molecule has 0 bridgehead atoms. The number of rotatable bonds is 3. The van der Waals surface area contributed by atoms with Crippen LogP contribution in [0, 0.1) is 5.82 Å². The molecule has 0 fully saturated rings. The third-order valence-corrected chi connectivity index (χ3v) is 2.83. The minimum Gasteiger partial charge on any atom is -0.507 e. The fourth-order valence-corrected chi connectivity index (χ4v) is 1.87. The molecule has 0 aliphatic heterocycles. The summed E-state index contributed by atoms with van der Waals surface area (Å²) in [5, 5.41) is 13.9. The van der Waals surface area contributed by atoms with E-state index in [-0.39, 0.29) is 17.9 Å². The van der Waals surface area contributed by atoms with Crippen molar-refractivity contribution >= 4 is 0 Å². The van der Waals surface area contributed by atoms with Gasteiger partial charge in [0.15, 0.2) is 5.76 Å². The second kappa shape index (κ2) is 4.61.